The van der Waals surface area contributed by atoms with Gasteiger partial charge in [-0.05, 0) is 266 Å². The molecule has 8 unspecified atom stereocenters. The first-order valence-corrected chi connectivity index (χ1v) is 41.7. The lowest BCUT2D eigenvalue weighted by Gasteiger charge is -2.45. The minimum atomic E-state index is -1.93. The first kappa shape index (κ1) is 85.1. The van der Waals surface area contributed by atoms with Gasteiger partial charge in [0.15, 0.2) is 0 Å². The molecule has 0 aliphatic heterocycles. The highest BCUT2D eigenvalue weighted by Gasteiger charge is 2.51. The van der Waals surface area contributed by atoms with Crippen LogP contribution in [0.3, 0.4) is 0 Å². The van der Waals surface area contributed by atoms with Gasteiger partial charge in [-0.25, -0.2) is 19.2 Å². The van der Waals surface area contributed by atoms with E-state index in [1.807, 2.05) is 0 Å². The van der Waals surface area contributed by atoms with E-state index in [2.05, 4.69) is 40.9 Å². The Kier molecular flexibility index (Phi) is 43.7. The summed E-state index contributed by atoms with van der Waals surface area (Å²) in [6.45, 7) is 19.4. The maximum atomic E-state index is 15.9. The van der Waals surface area contributed by atoms with Gasteiger partial charge in [0.05, 0.1) is 62.7 Å². The average molecular weight is 1410 g/mol. The molecule has 16 nitrogen and oxygen atoms in total. The Balaban J connectivity index is 1.30. The second-order valence-electron chi connectivity index (χ2n) is 31.2. The van der Waals surface area contributed by atoms with E-state index in [9.17, 15) is 9.59 Å². The number of hydrogen-bond donors (Lipinski definition) is 0. The lowest BCUT2D eigenvalue weighted by molar-refractivity contribution is -0.198. The van der Waals surface area contributed by atoms with Crippen LogP contribution in [-0.2, 0) is 76.1 Å². The summed E-state index contributed by atoms with van der Waals surface area (Å²) in [6.07, 6.45) is 43.3. The predicted molar refractivity (Wildman–Crippen MR) is 393 cm³/mol. The molecule has 8 atom stereocenters. The molecule has 0 aromatic heterocycles. The summed E-state index contributed by atoms with van der Waals surface area (Å²) in [5.74, 6) is -3.23. The molecule has 0 aromatic rings. The SMILES string of the molecule is C=CC(=O)OCCCCCCOC(=O)C(OC(=O)C1CC(C2CCC(OCCCCCC)CC2)CCC1C1CCC(OCCCCCC)CC1)C(OC(=O)C1CC(C2CCC(OCCCCCC)CC2)CCC1C1CCC(OCCCCCC)CC1)C(=O)OCCCCCCOC(=O)C=C. The van der Waals surface area contributed by atoms with Crippen LogP contribution in [0.5, 0.6) is 0 Å². The lowest BCUT2D eigenvalue weighted by Crippen LogP contribution is -2.51. The van der Waals surface area contributed by atoms with Crippen molar-refractivity contribution in [2.45, 2.75) is 360 Å². The maximum Gasteiger partial charge on any atom is 0.352 e. The van der Waals surface area contributed by atoms with Crippen molar-refractivity contribution in [1.82, 2.24) is 0 Å². The summed E-state index contributed by atoms with van der Waals surface area (Å²) in [7, 11) is 0. The van der Waals surface area contributed by atoms with Gasteiger partial charge in [-0.3, -0.25) is 9.59 Å². The summed E-state index contributed by atoms with van der Waals surface area (Å²) in [4.78, 5) is 85.9. The molecule has 6 rings (SSSR count). The van der Waals surface area contributed by atoms with Crippen LogP contribution in [0.15, 0.2) is 25.3 Å². The number of ether oxygens (including phenoxy) is 10. The molecular weight excluding hydrogens is 1260 g/mol. The Labute approximate surface area is 606 Å². The Morgan fingerprint density at radius 1 is 0.300 bits per heavy atom. The van der Waals surface area contributed by atoms with Crippen molar-refractivity contribution in [3.8, 4) is 0 Å². The summed E-state index contributed by atoms with van der Waals surface area (Å²) < 4.78 is 62.0. The summed E-state index contributed by atoms with van der Waals surface area (Å²) in [6, 6.07) is 0. The van der Waals surface area contributed by atoms with Gasteiger partial charge in [0.25, 0.3) is 0 Å². The normalized spacial score (nSPS) is 27.8. The number of rotatable bonds is 51. The molecule has 6 saturated carbocycles. The van der Waals surface area contributed by atoms with Crippen LogP contribution >= 0.6 is 0 Å². The Morgan fingerprint density at radius 3 is 0.830 bits per heavy atom. The molecule has 6 aliphatic carbocycles. The Bertz CT molecular complexity index is 2090. The van der Waals surface area contributed by atoms with Crippen LogP contribution in [0.4, 0.5) is 0 Å². The molecule has 6 fully saturated rings. The molecule has 0 heterocycles. The first-order valence-electron chi connectivity index (χ1n) is 41.7. The zero-order valence-electron chi connectivity index (χ0n) is 63.5. The molecule has 16 heteroatoms. The standard InChI is InChI=1S/C84H142O16/c1-7-13-17-25-53-91-69-43-33-63(34-44-69)67-41-51-73(65-37-47-71(48-38-65)93-55-27-19-15-9-3)75(61-67)81(87)99-79(83(89)97-59-31-23-21-29-57-95-77(85)11-5)80(84(90)98-60-32-24-22-30-58-96-78(86)12-6)100-82(88)76-62-68(64-35-45-70(46-36-64)92-54-26-18-14-8-2)42-52-74(76)66-39-49-72(50-40-66)94-56-28-20-16-10-4/h11-12,63-76,79-80H,5-10,13-62H2,1-4H3. The van der Waals surface area contributed by atoms with E-state index in [4.69, 9.17) is 47.4 Å². The number of hydrogen-bond acceptors (Lipinski definition) is 16. The van der Waals surface area contributed by atoms with E-state index < -0.39 is 59.9 Å². The molecular formula is C84H142O16. The smallest absolute Gasteiger partial charge is 0.352 e. The molecule has 0 spiro atoms. The van der Waals surface area contributed by atoms with E-state index in [0.29, 0.717) is 76.0 Å². The van der Waals surface area contributed by atoms with Crippen molar-refractivity contribution in [3.05, 3.63) is 25.3 Å². The van der Waals surface area contributed by atoms with Gasteiger partial charge in [0.2, 0.25) is 12.2 Å². The fourth-order valence-corrected chi connectivity index (χ4v) is 17.9. The van der Waals surface area contributed by atoms with Gasteiger partial charge in [0, 0.05) is 38.6 Å². The molecule has 0 amide bonds. The fourth-order valence-electron chi connectivity index (χ4n) is 17.9. The van der Waals surface area contributed by atoms with E-state index in [1.54, 1.807) is 0 Å². The summed E-state index contributed by atoms with van der Waals surface area (Å²) in [5.41, 5.74) is 0. The molecule has 0 aromatic carbocycles. The van der Waals surface area contributed by atoms with Crippen molar-refractivity contribution < 1.29 is 76.1 Å². The molecule has 6 aliphatic rings. The van der Waals surface area contributed by atoms with Gasteiger partial charge < -0.3 is 47.4 Å². The van der Waals surface area contributed by atoms with Gasteiger partial charge in [-0.1, -0.05) is 118 Å². The number of carbonyl (C=O) groups is 6. The second-order valence-corrected chi connectivity index (χ2v) is 31.2. The molecule has 574 valence electrons. The number of unbranched alkanes of at least 4 members (excludes halogenated alkanes) is 18. The zero-order valence-corrected chi connectivity index (χ0v) is 63.5. The van der Waals surface area contributed by atoms with Crippen LogP contribution in [-0.4, -0.2) is 125 Å². The summed E-state index contributed by atoms with van der Waals surface area (Å²) >= 11 is 0. The van der Waals surface area contributed by atoms with Crippen LogP contribution in [0.25, 0.3) is 0 Å². The zero-order chi connectivity index (χ0) is 71.4. The van der Waals surface area contributed by atoms with E-state index in [0.717, 1.165) is 193 Å². The third-order valence-electron chi connectivity index (χ3n) is 23.9. The van der Waals surface area contributed by atoms with Crippen molar-refractivity contribution in [3.63, 3.8) is 0 Å². The lowest BCUT2D eigenvalue weighted by atomic mass is 9.61. The molecule has 0 saturated heterocycles. The van der Waals surface area contributed by atoms with Crippen LogP contribution < -0.4 is 0 Å². The van der Waals surface area contributed by atoms with Gasteiger partial charge in [-0.15, -0.1) is 0 Å². The van der Waals surface area contributed by atoms with E-state index >= 15 is 19.2 Å². The molecule has 0 bridgehead atoms. The van der Waals surface area contributed by atoms with E-state index in [1.165, 1.54) is 77.0 Å². The molecule has 0 N–H and O–H groups in total. The fraction of sp³-hybridized carbons (Fsp3) is 0.881. The van der Waals surface area contributed by atoms with Crippen LogP contribution in [0, 0.1) is 59.2 Å². The van der Waals surface area contributed by atoms with Crippen molar-refractivity contribution in [2.24, 2.45) is 59.2 Å². The monoisotopic (exact) mass is 1410 g/mol. The largest absolute Gasteiger partial charge is 0.463 e. The van der Waals surface area contributed by atoms with Gasteiger partial charge in [0.1, 0.15) is 0 Å². The van der Waals surface area contributed by atoms with Gasteiger partial charge in [-0.2, -0.15) is 0 Å². The highest BCUT2D eigenvalue weighted by atomic mass is 16.6. The number of esters is 6. The van der Waals surface area contributed by atoms with Gasteiger partial charge >= 0.3 is 35.8 Å². The minimum Gasteiger partial charge on any atom is -0.463 e. The third-order valence-corrected chi connectivity index (χ3v) is 23.9. The third kappa shape index (κ3) is 31.8. The first-order chi connectivity index (χ1) is 48.9. The predicted octanol–water partition coefficient (Wildman–Crippen LogP) is 19.2. The average Bonchev–Trinajstić information content (AvgIpc) is 0.800. The Hall–Kier alpha value is -3.86. The molecule has 100 heavy (non-hydrogen) atoms. The van der Waals surface area contributed by atoms with E-state index in [-0.39, 0.29) is 86.4 Å². The van der Waals surface area contributed by atoms with Crippen LogP contribution in [0.1, 0.15) is 323 Å². The summed E-state index contributed by atoms with van der Waals surface area (Å²) in [5, 5.41) is 0. The van der Waals surface area contributed by atoms with Crippen molar-refractivity contribution in [2.75, 3.05) is 52.9 Å². The minimum absolute atomic E-state index is 0.0124. The van der Waals surface area contributed by atoms with Crippen molar-refractivity contribution >= 4 is 35.8 Å². The topological polar surface area (TPSA) is 195 Å². The number of carbonyl (C=O) groups excluding carboxylic acids is 6. The van der Waals surface area contributed by atoms with Crippen LogP contribution in [0.2, 0.25) is 0 Å². The van der Waals surface area contributed by atoms with Crippen molar-refractivity contribution in [1.29, 1.82) is 0 Å². The maximum absolute atomic E-state index is 15.9. The Morgan fingerprint density at radius 2 is 0.550 bits per heavy atom. The highest BCUT2D eigenvalue weighted by Crippen LogP contribution is 2.51. The quantitative estimate of drug-likeness (QED) is 0.0241. The highest BCUT2D eigenvalue weighted by molar-refractivity contribution is 5.90. The second kappa shape index (κ2) is 51.4. The molecule has 0 radical (unpaired) electrons.